The summed E-state index contributed by atoms with van der Waals surface area (Å²) in [6.07, 6.45) is 12.4. The predicted octanol–water partition coefficient (Wildman–Crippen LogP) is 8.50. The first-order valence-corrected chi connectivity index (χ1v) is 9.85. The van der Waals surface area contributed by atoms with Crippen molar-refractivity contribution >= 4 is 0 Å². The van der Waals surface area contributed by atoms with Crippen molar-refractivity contribution in [3.8, 4) is 0 Å². The summed E-state index contributed by atoms with van der Waals surface area (Å²) >= 11 is 0. The molecular formula is C21H48. The van der Waals surface area contributed by atoms with Crippen molar-refractivity contribution in [3.05, 3.63) is 0 Å². The molecule has 0 heteroatoms. The van der Waals surface area contributed by atoms with Gasteiger partial charge in [0.05, 0.1) is 0 Å². The van der Waals surface area contributed by atoms with Crippen molar-refractivity contribution in [2.75, 3.05) is 0 Å². The Kier molecular flexibility index (Phi) is 27.5. The van der Waals surface area contributed by atoms with Gasteiger partial charge in [0.15, 0.2) is 0 Å². The van der Waals surface area contributed by atoms with Gasteiger partial charge in [-0.25, -0.2) is 0 Å². The van der Waals surface area contributed by atoms with Crippen molar-refractivity contribution in [3.63, 3.8) is 0 Å². The van der Waals surface area contributed by atoms with E-state index in [1.807, 2.05) is 0 Å². The molecular weight excluding hydrogens is 252 g/mol. The van der Waals surface area contributed by atoms with E-state index in [9.17, 15) is 0 Å². The molecule has 132 valence electrons. The van der Waals surface area contributed by atoms with Crippen molar-refractivity contribution < 1.29 is 0 Å². The Bertz CT molecular complexity index is 134. The maximum Gasteiger partial charge on any atom is -0.0446 e. The summed E-state index contributed by atoms with van der Waals surface area (Å²) in [7, 11) is 0. The zero-order valence-electron chi connectivity index (χ0n) is 17.1. The van der Waals surface area contributed by atoms with Gasteiger partial charge in [-0.15, -0.1) is 0 Å². The Balaban J connectivity index is -0.000000231. The standard InChI is InChI=1S/3C7H16/c2*1-4-5-6-7(2)3;1-4-6-7(3)5-2/h3*7H,4-6H2,1-3H3. The van der Waals surface area contributed by atoms with E-state index in [-0.39, 0.29) is 0 Å². The minimum absolute atomic E-state index is 0.903. The molecule has 0 radical (unpaired) electrons. The van der Waals surface area contributed by atoms with E-state index in [1.165, 1.54) is 57.8 Å². The lowest BCUT2D eigenvalue weighted by Gasteiger charge is -2.02. The minimum Gasteiger partial charge on any atom is -0.0654 e. The molecule has 0 nitrogen and oxygen atoms in total. The Morgan fingerprint density at radius 1 is 0.524 bits per heavy atom. The molecule has 0 aliphatic rings. The Morgan fingerprint density at radius 3 is 1.00 bits per heavy atom. The van der Waals surface area contributed by atoms with Gasteiger partial charge in [-0.1, -0.05) is 120 Å². The number of rotatable bonds is 9. The number of unbranched alkanes of at least 4 members (excludes halogenated alkanes) is 2. The van der Waals surface area contributed by atoms with Gasteiger partial charge in [-0.2, -0.15) is 0 Å². The Hall–Kier alpha value is 0. The maximum absolute atomic E-state index is 2.31. The Labute approximate surface area is 138 Å². The van der Waals surface area contributed by atoms with Gasteiger partial charge >= 0.3 is 0 Å². The fourth-order valence-electron chi connectivity index (χ4n) is 1.92. The third-order valence-corrected chi connectivity index (χ3v) is 3.75. The monoisotopic (exact) mass is 300 g/mol. The van der Waals surface area contributed by atoms with Crippen LogP contribution < -0.4 is 0 Å². The molecule has 0 fully saturated rings. The van der Waals surface area contributed by atoms with Crippen molar-refractivity contribution in [2.45, 2.75) is 120 Å². The maximum atomic E-state index is 2.31. The molecule has 0 bridgehead atoms. The molecule has 1 unspecified atom stereocenters. The van der Waals surface area contributed by atoms with E-state index in [4.69, 9.17) is 0 Å². The van der Waals surface area contributed by atoms with Crippen LogP contribution in [0, 0.1) is 17.8 Å². The van der Waals surface area contributed by atoms with Gasteiger partial charge in [-0.3, -0.25) is 0 Å². The molecule has 0 aromatic rings. The van der Waals surface area contributed by atoms with Crippen LogP contribution in [-0.4, -0.2) is 0 Å². The van der Waals surface area contributed by atoms with E-state index in [1.54, 1.807) is 0 Å². The molecule has 0 aliphatic carbocycles. The smallest absolute Gasteiger partial charge is 0.0446 e. The van der Waals surface area contributed by atoms with Gasteiger partial charge in [0.25, 0.3) is 0 Å². The third-order valence-electron chi connectivity index (χ3n) is 3.75. The highest BCUT2D eigenvalue weighted by Crippen LogP contribution is 2.07. The highest BCUT2D eigenvalue weighted by Gasteiger charge is 1.92. The first kappa shape index (κ1) is 25.9. The largest absolute Gasteiger partial charge is 0.0654 e. The van der Waals surface area contributed by atoms with Crippen LogP contribution in [0.1, 0.15) is 120 Å². The second kappa shape index (κ2) is 22.3. The van der Waals surface area contributed by atoms with Crippen molar-refractivity contribution in [2.24, 2.45) is 17.8 Å². The molecule has 0 N–H and O–H groups in total. The van der Waals surface area contributed by atoms with Crippen LogP contribution in [0.5, 0.6) is 0 Å². The van der Waals surface area contributed by atoms with E-state index < -0.39 is 0 Å². The van der Waals surface area contributed by atoms with Gasteiger partial charge in [0.1, 0.15) is 0 Å². The SMILES string of the molecule is CCCC(C)CC.CCCCC(C)C.CCCCC(C)C. The van der Waals surface area contributed by atoms with E-state index in [2.05, 4.69) is 62.3 Å². The molecule has 0 spiro atoms. The first-order valence-electron chi connectivity index (χ1n) is 9.85. The second-order valence-corrected chi connectivity index (χ2v) is 7.37. The molecule has 0 aromatic carbocycles. The average Bonchev–Trinajstić information content (AvgIpc) is 2.44. The summed E-state index contributed by atoms with van der Waals surface area (Å²) < 4.78 is 0. The molecule has 0 heterocycles. The number of hydrogen-bond donors (Lipinski definition) is 0. The van der Waals surface area contributed by atoms with Crippen LogP contribution in [0.3, 0.4) is 0 Å². The van der Waals surface area contributed by atoms with Crippen LogP contribution in [0.15, 0.2) is 0 Å². The zero-order valence-corrected chi connectivity index (χ0v) is 17.1. The molecule has 0 aliphatic heterocycles. The summed E-state index contributed by atoms with van der Waals surface area (Å²) in [6.45, 7) is 20.4. The lowest BCUT2D eigenvalue weighted by atomic mass is 10.0. The van der Waals surface area contributed by atoms with Gasteiger partial charge in [0, 0.05) is 0 Å². The van der Waals surface area contributed by atoms with Gasteiger partial charge in [-0.05, 0) is 17.8 Å². The Morgan fingerprint density at radius 2 is 0.905 bits per heavy atom. The average molecular weight is 301 g/mol. The molecule has 0 amide bonds. The molecule has 0 saturated carbocycles. The van der Waals surface area contributed by atoms with E-state index in [0.29, 0.717) is 0 Å². The number of hydrogen-bond acceptors (Lipinski definition) is 0. The third kappa shape index (κ3) is 38.3. The van der Waals surface area contributed by atoms with Crippen LogP contribution >= 0.6 is 0 Å². The summed E-state index contributed by atoms with van der Waals surface area (Å²) in [4.78, 5) is 0. The molecule has 0 saturated heterocycles. The van der Waals surface area contributed by atoms with Crippen molar-refractivity contribution in [1.82, 2.24) is 0 Å². The lowest BCUT2D eigenvalue weighted by molar-refractivity contribution is 0.509. The predicted molar refractivity (Wildman–Crippen MR) is 103 cm³/mol. The highest BCUT2D eigenvalue weighted by atomic mass is 14.0. The summed E-state index contributed by atoms with van der Waals surface area (Å²) in [5, 5.41) is 0. The molecule has 21 heavy (non-hydrogen) atoms. The van der Waals surface area contributed by atoms with Gasteiger partial charge in [0.2, 0.25) is 0 Å². The minimum atomic E-state index is 0.903. The highest BCUT2D eigenvalue weighted by molar-refractivity contribution is 4.45. The summed E-state index contributed by atoms with van der Waals surface area (Å²) in [5.41, 5.74) is 0. The van der Waals surface area contributed by atoms with E-state index in [0.717, 1.165) is 17.8 Å². The first-order chi connectivity index (χ1) is 9.85. The van der Waals surface area contributed by atoms with Crippen LogP contribution in [0.4, 0.5) is 0 Å². The molecule has 1 atom stereocenters. The van der Waals surface area contributed by atoms with Crippen LogP contribution in [-0.2, 0) is 0 Å². The van der Waals surface area contributed by atoms with Gasteiger partial charge < -0.3 is 0 Å². The summed E-state index contributed by atoms with van der Waals surface area (Å²) in [6, 6.07) is 0. The normalized spacial score (nSPS) is 11.6. The zero-order chi connectivity index (χ0) is 17.1. The molecule has 0 aromatic heterocycles. The fraction of sp³-hybridized carbons (Fsp3) is 1.00. The quantitative estimate of drug-likeness (QED) is 0.400. The second-order valence-electron chi connectivity index (χ2n) is 7.37. The van der Waals surface area contributed by atoms with Crippen molar-refractivity contribution in [1.29, 1.82) is 0 Å². The fourth-order valence-corrected chi connectivity index (χ4v) is 1.92. The topological polar surface area (TPSA) is 0 Å². The van der Waals surface area contributed by atoms with E-state index >= 15 is 0 Å². The summed E-state index contributed by atoms with van der Waals surface area (Å²) in [5.74, 6) is 2.75. The van der Waals surface area contributed by atoms with Crippen LogP contribution in [0.2, 0.25) is 0 Å². The van der Waals surface area contributed by atoms with Crippen LogP contribution in [0.25, 0.3) is 0 Å². The lowest BCUT2D eigenvalue weighted by Crippen LogP contribution is -1.88. The molecule has 0 rings (SSSR count).